The maximum absolute atomic E-state index is 12.3. The first kappa shape index (κ1) is 20.1. The van der Waals surface area contributed by atoms with Crippen molar-refractivity contribution >= 4 is 27.5 Å². The summed E-state index contributed by atoms with van der Waals surface area (Å²) in [6, 6.07) is 5.00. The molecule has 8 heteroatoms. The molecular formula is C16H25N3O4S. The molecule has 1 atom stereocenters. The highest BCUT2D eigenvalue weighted by atomic mass is 32.2. The second-order valence-electron chi connectivity index (χ2n) is 6.21. The Morgan fingerprint density at radius 3 is 1.96 bits per heavy atom. The van der Waals surface area contributed by atoms with Gasteiger partial charge in [0.15, 0.2) is 0 Å². The van der Waals surface area contributed by atoms with Gasteiger partial charge in [-0.05, 0) is 44.0 Å². The lowest BCUT2D eigenvalue weighted by atomic mass is 10.0. The fourth-order valence-corrected chi connectivity index (χ4v) is 3.32. The molecule has 1 aromatic rings. The molecule has 1 rings (SSSR count). The average molecular weight is 355 g/mol. The molecule has 0 saturated heterocycles. The molecule has 7 nitrogen and oxygen atoms in total. The summed E-state index contributed by atoms with van der Waals surface area (Å²) in [6.07, 6.45) is 0. The van der Waals surface area contributed by atoms with Crippen LogP contribution in [0.25, 0.3) is 0 Å². The first-order chi connectivity index (χ1) is 11.0. The van der Waals surface area contributed by atoms with Crippen molar-refractivity contribution < 1.29 is 18.0 Å². The number of sulfonamides is 1. The molecule has 2 amide bonds. The number of benzene rings is 1. The molecule has 0 aliphatic heterocycles. The van der Waals surface area contributed by atoms with Gasteiger partial charge in [-0.3, -0.25) is 9.59 Å². The Labute approximate surface area is 143 Å². The zero-order valence-corrected chi connectivity index (χ0v) is 15.4. The van der Waals surface area contributed by atoms with Gasteiger partial charge in [0.25, 0.3) is 0 Å². The molecule has 0 aliphatic carbocycles. The third-order valence-electron chi connectivity index (χ3n) is 3.13. The van der Waals surface area contributed by atoms with Crippen LogP contribution in [0, 0.1) is 5.92 Å². The van der Waals surface area contributed by atoms with E-state index in [0.717, 1.165) is 0 Å². The second-order valence-corrected chi connectivity index (χ2v) is 7.93. The van der Waals surface area contributed by atoms with Crippen molar-refractivity contribution in [3.63, 3.8) is 0 Å². The third-order valence-corrected chi connectivity index (χ3v) is 4.81. The molecule has 0 unspecified atom stereocenters. The zero-order chi connectivity index (χ0) is 18.5. The normalized spacial score (nSPS) is 13.0. The Kier molecular flexibility index (Phi) is 6.92. The standard InChI is InChI=1S/C16H25N3O4S/c1-10(2)15(17-12(5)20)16(21)18-13-6-8-14(9-7-13)24(22,23)19-11(3)4/h6-11,15,19H,1-5H3,(H,17,20)(H,18,21)/t15-/m1/s1. The number of hydrogen-bond acceptors (Lipinski definition) is 4. The fraction of sp³-hybridized carbons (Fsp3) is 0.500. The maximum Gasteiger partial charge on any atom is 0.247 e. The lowest BCUT2D eigenvalue weighted by molar-refractivity contribution is -0.126. The molecule has 134 valence electrons. The molecule has 0 aliphatic rings. The van der Waals surface area contributed by atoms with Gasteiger partial charge in [0.1, 0.15) is 6.04 Å². The number of hydrogen-bond donors (Lipinski definition) is 3. The number of carbonyl (C=O) groups excluding carboxylic acids is 2. The molecule has 1 aromatic carbocycles. The van der Waals surface area contributed by atoms with Crippen molar-refractivity contribution in [3.8, 4) is 0 Å². The van der Waals surface area contributed by atoms with Crippen LogP contribution in [0.5, 0.6) is 0 Å². The van der Waals surface area contributed by atoms with Crippen LogP contribution in [0.3, 0.4) is 0 Å². The highest BCUT2D eigenvalue weighted by Gasteiger charge is 2.23. The summed E-state index contributed by atoms with van der Waals surface area (Å²) < 4.78 is 26.6. The van der Waals surface area contributed by atoms with Crippen LogP contribution in [0.1, 0.15) is 34.6 Å². The van der Waals surface area contributed by atoms with E-state index in [4.69, 9.17) is 0 Å². The number of carbonyl (C=O) groups is 2. The summed E-state index contributed by atoms with van der Waals surface area (Å²) >= 11 is 0. The summed E-state index contributed by atoms with van der Waals surface area (Å²) in [6.45, 7) is 8.48. The van der Waals surface area contributed by atoms with Gasteiger partial charge in [0.05, 0.1) is 4.90 Å². The van der Waals surface area contributed by atoms with Crippen LogP contribution in [-0.4, -0.2) is 32.3 Å². The van der Waals surface area contributed by atoms with Crippen molar-refractivity contribution in [2.24, 2.45) is 5.92 Å². The van der Waals surface area contributed by atoms with Crippen LogP contribution in [-0.2, 0) is 19.6 Å². The number of rotatable bonds is 7. The highest BCUT2D eigenvalue weighted by Crippen LogP contribution is 2.15. The number of amides is 2. The topological polar surface area (TPSA) is 104 Å². The smallest absolute Gasteiger partial charge is 0.247 e. The van der Waals surface area contributed by atoms with Crippen LogP contribution in [0.2, 0.25) is 0 Å². The molecule has 3 N–H and O–H groups in total. The van der Waals surface area contributed by atoms with Crippen LogP contribution < -0.4 is 15.4 Å². The minimum absolute atomic E-state index is 0.0798. The van der Waals surface area contributed by atoms with Gasteiger partial charge >= 0.3 is 0 Å². The van der Waals surface area contributed by atoms with E-state index in [9.17, 15) is 18.0 Å². The maximum atomic E-state index is 12.3. The molecule has 0 heterocycles. The van der Waals surface area contributed by atoms with Gasteiger partial charge in [0, 0.05) is 18.7 Å². The van der Waals surface area contributed by atoms with Gasteiger partial charge in [-0.1, -0.05) is 13.8 Å². The average Bonchev–Trinajstić information content (AvgIpc) is 2.43. The van der Waals surface area contributed by atoms with Gasteiger partial charge in [-0.25, -0.2) is 13.1 Å². The minimum Gasteiger partial charge on any atom is -0.344 e. The van der Waals surface area contributed by atoms with Crippen molar-refractivity contribution in [1.82, 2.24) is 10.0 Å². The van der Waals surface area contributed by atoms with Crippen molar-refractivity contribution in [1.29, 1.82) is 0 Å². The van der Waals surface area contributed by atoms with Crippen molar-refractivity contribution in [2.75, 3.05) is 5.32 Å². The Bertz CT molecular complexity index is 682. The van der Waals surface area contributed by atoms with E-state index >= 15 is 0 Å². The van der Waals surface area contributed by atoms with E-state index in [1.807, 2.05) is 13.8 Å². The summed E-state index contributed by atoms with van der Waals surface area (Å²) in [5, 5.41) is 5.28. The van der Waals surface area contributed by atoms with Crippen molar-refractivity contribution in [2.45, 2.75) is 51.6 Å². The van der Waals surface area contributed by atoms with E-state index in [1.54, 1.807) is 13.8 Å². The van der Waals surface area contributed by atoms with Gasteiger partial charge < -0.3 is 10.6 Å². The quantitative estimate of drug-likeness (QED) is 0.689. The Morgan fingerprint density at radius 1 is 1.00 bits per heavy atom. The first-order valence-corrected chi connectivity index (χ1v) is 9.21. The Balaban J connectivity index is 2.86. The molecule has 0 bridgehead atoms. The first-order valence-electron chi connectivity index (χ1n) is 7.73. The van der Waals surface area contributed by atoms with E-state index in [2.05, 4.69) is 15.4 Å². The van der Waals surface area contributed by atoms with E-state index in [-0.39, 0.29) is 28.7 Å². The van der Waals surface area contributed by atoms with Crippen LogP contribution >= 0.6 is 0 Å². The van der Waals surface area contributed by atoms with Crippen molar-refractivity contribution in [3.05, 3.63) is 24.3 Å². The lowest BCUT2D eigenvalue weighted by Crippen LogP contribution is -2.46. The molecule has 0 radical (unpaired) electrons. The van der Waals surface area contributed by atoms with Gasteiger partial charge in [0.2, 0.25) is 21.8 Å². The Morgan fingerprint density at radius 2 is 1.54 bits per heavy atom. The van der Waals surface area contributed by atoms with E-state index in [1.165, 1.54) is 31.2 Å². The monoisotopic (exact) mass is 355 g/mol. The minimum atomic E-state index is -3.57. The van der Waals surface area contributed by atoms with E-state index < -0.39 is 16.1 Å². The molecule has 0 saturated carbocycles. The predicted octanol–water partition coefficient (Wildman–Crippen LogP) is 1.47. The molecule has 0 aromatic heterocycles. The number of nitrogens with one attached hydrogen (secondary N) is 3. The zero-order valence-electron chi connectivity index (χ0n) is 14.6. The van der Waals surface area contributed by atoms with Crippen LogP contribution in [0.4, 0.5) is 5.69 Å². The fourth-order valence-electron chi connectivity index (χ4n) is 2.07. The SMILES string of the molecule is CC(=O)N[C@@H](C(=O)Nc1ccc(S(=O)(=O)NC(C)C)cc1)C(C)C. The Hall–Kier alpha value is -1.93. The summed E-state index contributed by atoms with van der Waals surface area (Å²) in [5.74, 6) is -0.718. The second kappa shape index (κ2) is 8.25. The lowest BCUT2D eigenvalue weighted by Gasteiger charge is -2.21. The molecule has 24 heavy (non-hydrogen) atoms. The summed E-state index contributed by atoms with van der Waals surface area (Å²) in [7, 11) is -3.57. The van der Waals surface area contributed by atoms with Gasteiger partial charge in [-0.15, -0.1) is 0 Å². The highest BCUT2D eigenvalue weighted by molar-refractivity contribution is 7.89. The molecule has 0 fully saturated rings. The molecule has 0 spiro atoms. The van der Waals surface area contributed by atoms with E-state index in [0.29, 0.717) is 5.69 Å². The summed E-state index contributed by atoms with van der Waals surface area (Å²) in [5.41, 5.74) is 0.458. The summed E-state index contributed by atoms with van der Waals surface area (Å²) in [4.78, 5) is 23.6. The number of anilines is 1. The predicted molar refractivity (Wildman–Crippen MR) is 93.0 cm³/mol. The largest absolute Gasteiger partial charge is 0.344 e. The van der Waals surface area contributed by atoms with Gasteiger partial charge in [-0.2, -0.15) is 0 Å². The molecular weight excluding hydrogens is 330 g/mol. The van der Waals surface area contributed by atoms with Crippen LogP contribution in [0.15, 0.2) is 29.2 Å². The third kappa shape index (κ3) is 5.93.